The van der Waals surface area contributed by atoms with Crippen LogP contribution in [-0.4, -0.2) is 18.9 Å². The summed E-state index contributed by atoms with van der Waals surface area (Å²) in [6.07, 6.45) is 0. The number of hydrazone groups is 1. The minimum atomic E-state index is -0.689. The fraction of sp³-hybridized carbons (Fsp3) is 0.273. The molecule has 0 heterocycles. The Hall–Kier alpha value is -2.04. The highest BCUT2D eigenvalue weighted by Gasteiger charge is 2.06. The molecule has 16 heavy (non-hydrogen) atoms. The third-order valence-electron chi connectivity index (χ3n) is 2.08. The highest BCUT2D eigenvalue weighted by molar-refractivity contribution is 6.01. The number of carbonyl (C=O) groups excluding carboxylic acids is 1. The van der Waals surface area contributed by atoms with Gasteiger partial charge in [-0.15, -0.1) is 0 Å². The molecular formula is C11H15N3O2. The van der Waals surface area contributed by atoms with Crippen molar-refractivity contribution in [2.45, 2.75) is 13.8 Å². The zero-order valence-corrected chi connectivity index (χ0v) is 9.57. The minimum Gasteiger partial charge on any atom is -0.496 e. The van der Waals surface area contributed by atoms with Gasteiger partial charge in [0, 0.05) is 5.56 Å². The number of carbonyl (C=O) groups is 1. The van der Waals surface area contributed by atoms with E-state index in [0.29, 0.717) is 11.5 Å². The molecule has 0 spiro atoms. The Kier molecular flexibility index (Phi) is 3.88. The van der Waals surface area contributed by atoms with E-state index in [4.69, 9.17) is 10.5 Å². The number of nitrogens with one attached hydrogen (secondary N) is 1. The Morgan fingerprint density at radius 1 is 1.50 bits per heavy atom. The number of urea groups is 1. The van der Waals surface area contributed by atoms with Crippen LogP contribution in [0.1, 0.15) is 18.1 Å². The largest absolute Gasteiger partial charge is 0.496 e. The monoisotopic (exact) mass is 221 g/mol. The van der Waals surface area contributed by atoms with E-state index < -0.39 is 6.03 Å². The summed E-state index contributed by atoms with van der Waals surface area (Å²) in [5.74, 6) is 0.707. The van der Waals surface area contributed by atoms with Crippen LogP contribution in [0, 0.1) is 6.92 Å². The van der Waals surface area contributed by atoms with Gasteiger partial charge in [0.25, 0.3) is 0 Å². The Labute approximate surface area is 94.3 Å². The lowest BCUT2D eigenvalue weighted by atomic mass is 10.1. The van der Waals surface area contributed by atoms with Crippen LogP contribution in [0.2, 0.25) is 0 Å². The number of primary amides is 1. The minimum absolute atomic E-state index is 0.638. The van der Waals surface area contributed by atoms with Gasteiger partial charge in [-0.1, -0.05) is 11.6 Å². The van der Waals surface area contributed by atoms with Crippen LogP contribution in [-0.2, 0) is 0 Å². The zero-order chi connectivity index (χ0) is 12.1. The summed E-state index contributed by atoms with van der Waals surface area (Å²) in [6, 6.07) is 5.04. The normalized spacial score (nSPS) is 11.1. The van der Waals surface area contributed by atoms with Crippen LogP contribution in [0.25, 0.3) is 0 Å². The van der Waals surface area contributed by atoms with Crippen molar-refractivity contribution in [2.75, 3.05) is 7.11 Å². The van der Waals surface area contributed by atoms with Crippen molar-refractivity contribution >= 4 is 11.7 Å². The first-order valence-corrected chi connectivity index (χ1v) is 4.79. The molecule has 0 atom stereocenters. The molecule has 1 rings (SSSR count). The summed E-state index contributed by atoms with van der Waals surface area (Å²) in [5, 5.41) is 3.86. The van der Waals surface area contributed by atoms with E-state index in [9.17, 15) is 4.79 Å². The first-order chi connectivity index (χ1) is 7.54. The van der Waals surface area contributed by atoms with Crippen molar-refractivity contribution < 1.29 is 9.53 Å². The maximum atomic E-state index is 10.5. The summed E-state index contributed by atoms with van der Waals surface area (Å²) >= 11 is 0. The molecule has 0 fully saturated rings. The second-order valence-electron chi connectivity index (χ2n) is 3.38. The number of hydrogen-bond acceptors (Lipinski definition) is 3. The predicted molar refractivity (Wildman–Crippen MR) is 62.7 cm³/mol. The van der Waals surface area contributed by atoms with Gasteiger partial charge in [0.15, 0.2) is 0 Å². The standard InChI is InChI=1S/C11H15N3O2/c1-7-4-5-10(16-3)9(6-7)8(2)13-14-11(12)15/h4-6H,1-3H3,(H3,12,14,15)/b13-8-. The highest BCUT2D eigenvalue weighted by atomic mass is 16.5. The zero-order valence-electron chi connectivity index (χ0n) is 9.57. The van der Waals surface area contributed by atoms with Crippen molar-refractivity contribution in [3.63, 3.8) is 0 Å². The van der Waals surface area contributed by atoms with Crippen LogP contribution in [0.4, 0.5) is 4.79 Å². The molecular weight excluding hydrogens is 206 g/mol. The molecule has 0 aliphatic rings. The second-order valence-corrected chi connectivity index (χ2v) is 3.38. The van der Waals surface area contributed by atoms with Crippen molar-refractivity contribution in [3.05, 3.63) is 29.3 Å². The molecule has 0 saturated carbocycles. The maximum Gasteiger partial charge on any atom is 0.332 e. The lowest BCUT2D eigenvalue weighted by Crippen LogP contribution is -2.25. The van der Waals surface area contributed by atoms with E-state index in [1.54, 1.807) is 14.0 Å². The third-order valence-corrected chi connectivity index (χ3v) is 2.08. The maximum absolute atomic E-state index is 10.5. The van der Waals surface area contributed by atoms with E-state index in [2.05, 4.69) is 10.5 Å². The smallest absolute Gasteiger partial charge is 0.332 e. The van der Waals surface area contributed by atoms with Gasteiger partial charge in [-0.25, -0.2) is 10.2 Å². The van der Waals surface area contributed by atoms with Gasteiger partial charge in [-0.3, -0.25) is 0 Å². The van der Waals surface area contributed by atoms with Crippen molar-refractivity contribution in [2.24, 2.45) is 10.8 Å². The van der Waals surface area contributed by atoms with E-state index in [0.717, 1.165) is 11.1 Å². The number of nitrogens with zero attached hydrogens (tertiary/aromatic N) is 1. The van der Waals surface area contributed by atoms with Gasteiger partial charge in [-0.05, 0) is 26.0 Å². The molecule has 86 valence electrons. The molecule has 5 heteroatoms. The molecule has 0 unspecified atom stereocenters. The lowest BCUT2D eigenvalue weighted by molar-refractivity contribution is 0.249. The summed E-state index contributed by atoms with van der Waals surface area (Å²) in [7, 11) is 1.59. The topological polar surface area (TPSA) is 76.7 Å². The summed E-state index contributed by atoms with van der Waals surface area (Å²) in [5.41, 5.74) is 9.67. The molecule has 0 saturated heterocycles. The number of benzene rings is 1. The number of nitrogens with two attached hydrogens (primary N) is 1. The molecule has 1 aromatic rings. The van der Waals surface area contributed by atoms with E-state index in [1.165, 1.54) is 0 Å². The van der Waals surface area contributed by atoms with Gasteiger partial charge in [0.1, 0.15) is 5.75 Å². The summed E-state index contributed by atoms with van der Waals surface area (Å²) in [4.78, 5) is 10.5. The van der Waals surface area contributed by atoms with Crippen LogP contribution >= 0.6 is 0 Å². The van der Waals surface area contributed by atoms with Crippen LogP contribution in [0.15, 0.2) is 23.3 Å². The van der Waals surface area contributed by atoms with E-state index >= 15 is 0 Å². The average molecular weight is 221 g/mol. The number of methoxy groups -OCH3 is 1. The van der Waals surface area contributed by atoms with Crippen molar-refractivity contribution in [1.29, 1.82) is 0 Å². The van der Waals surface area contributed by atoms with Gasteiger partial charge >= 0.3 is 6.03 Å². The molecule has 2 amide bonds. The van der Waals surface area contributed by atoms with E-state index in [1.807, 2.05) is 25.1 Å². The Balaban J connectivity index is 3.05. The number of hydrogen-bond donors (Lipinski definition) is 2. The SMILES string of the molecule is COc1ccc(C)cc1/C(C)=N\NC(N)=O. The average Bonchev–Trinajstić information content (AvgIpc) is 2.25. The fourth-order valence-electron chi connectivity index (χ4n) is 1.30. The third kappa shape index (κ3) is 2.98. The van der Waals surface area contributed by atoms with Crippen LogP contribution < -0.4 is 15.9 Å². The van der Waals surface area contributed by atoms with Gasteiger partial charge in [-0.2, -0.15) is 5.10 Å². The predicted octanol–water partition coefficient (Wildman–Crippen LogP) is 1.40. The molecule has 0 radical (unpaired) electrons. The van der Waals surface area contributed by atoms with Crippen LogP contribution in [0.5, 0.6) is 5.75 Å². The van der Waals surface area contributed by atoms with Gasteiger partial charge < -0.3 is 10.5 Å². The first kappa shape index (κ1) is 12.0. The van der Waals surface area contributed by atoms with Crippen molar-refractivity contribution in [3.8, 4) is 5.75 Å². The molecule has 0 aromatic heterocycles. The van der Waals surface area contributed by atoms with Gasteiger partial charge in [0.2, 0.25) is 0 Å². The van der Waals surface area contributed by atoms with E-state index in [-0.39, 0.29) is 0 Å². The Morgan fingerprint density at radius 3 is 2.75 bits per heavy atom. The Bertz CT molecular complexity index is 427. The fourth-order valence-corrected chi connectivity index (χ4v) is 1.30. The number of rotatable bonds is 3. The van der Waals surface area contributed by atoms with Gasteiger partial charge in [0.05, 0.1) is 12.8 Å². The van der Waals surface area contributed by atoms with Crippen LogP contribution in [0.3, 0.4) is 0 Å². The second kappa shape index (κ2) is 5.16. The lowest BCUT2D eigenvalue weighted by Gasteiger charge is -2.08. The number of aryl methyl sites for hydroxylation is 1. The Morgan fingerprint density at radius 2 is 2.19 bits per heavy atom. The first-order valence-electron chi connectivity index (χ1n) is 4.79. The summed E-state index contributed by atoms with van der Waals surface area (Å²) < 4.78 is 5.20. The molecule has 5 nitrogen and oxygen atoms in total. The number of amides is 2. The molecule has 0 aliphatic heterocycles. The summed E-state index contributed by atoms with van der Waals surface area (Å²) in [6.45, 7) is 3.74. The molecule has 0 bridgehead atoms. The number of ether oxygens (including phenoxy) is 1. The highest BCUT2D eigenvalue weighted by Crippen LogP contribution is 2.20. The quantitative estimate of drug-likeness (QED) is 0.597. The molecule has 0 aliphatic carbocycles. The van der Waals surface area contributed by atoms with Crippen molar-refractivity contribution in [1.82, 2.24) is 5.43 Å². The molecule has 1 aromatic carbocycles. The molecule has 3 N–H and O–H groups in total.